The molecule has 1 N–H and O–H groups in total. The van der Waals surface area contributed by atoms with E-state index in [0.717, 1.165) is 6.29 Å². The molecule has 1 aliphatic rings. The highest BCUT2D eigenvalue weighted by atomic mass is 32.2. The Hall–Kier alpha value is -1.82. The van der Waals surface area contributed by atoms with E-state index in [1.54, 1.807) is 40.9 Å². The first-order valence-electron chi connectivity index (χ1n) is 7.08. The fourth-order valence-electron chi connectivity index (χ4n) is 2.18. The summed E-state index contributed by atoms with van der Waals surface area (Å²) >= 11 is 1.56. The van der Waals surface area contributed by atoms with Gasteiger partial charge in [-0.1, -0.05) is 12.1 Å². The van der Waals surface area contributed by atoms with Gasteiger partial charge >= 0.3 is 0 Å². The number of nitrogens with one attached hydrogen (secondary N) is 1. The Balaban J connectivity index is 2.13. The molecule has 1 fully saturated rings. The summed E-state index contributed by atoms with van der Waals surface area (Å²) in [5.74, 6) is 0.781. The minimum atomic E-state index is -0.456. The van der Waals surface area contributed by atoms with E-state index in [0.29, 0.717) is 22.8 Å². The predicted octanol–water partition coefficient (Wildman–Crippen LogP) is 1.93. The molecule has 1 aromatic carbocycles. The first-order valence-corrected chi connectivity index (χ1v) is 8.23. The minimum absolute atomic E-state index is 0.129. The summed E-state index contributed by atoms with van der Waals surface area (Å²) in [6, 6.07) is 5.99. The van der Waals surface area contributed by atoms with Crippen LogP contribution in [0, 0.1) is 0 Å². The van der Waals surface area contributed by atoms with Crippen molar-refractivity contribution < 1.29 is 14.4 Å². The summed E-state index contributed by atoms with van der Waals surface area (Å²) in [6.45, 7) is 5.74. The van der Waals surface area contributed by atoms with Gasteiger partial charge in [0.05, 0.1) is 5.88 Å². The molecule has 2 rings (SSSR count). The predicted molar refractivity (Wildman–Crippen MR) is 87.0 cm³/mol. The van der Waals surface area contributed by atoms with Gasteiger partial charge in [0.25, 0.3) is 5.91 Å². The lowest BCUT2D eigenvalue weighted by atomic mass is 10.1. The summed E-state index contributed by atoms with van der Waals surface area (Å²) in [4.78, 5) is 37.2. The SMILES string of the molecule is CC(C)(C)NC(=O)C1CSCN1C(=O)c1ccc(C=O)cc1. The van der Waals surface area contributed by atoms with E-state index in [-0.39, 0.29) is 17.4 Å². The Bertz CT molecular complexity index is 578. The van der Waals surface area contributed by atoms with Crippen molar-refractivity contribution in [2.75, 3.05) is 11.6 Å². The van der Waals surface area contributed by atoms with Gasteiger partial charge in [-0.3, -0.25) is 14.4 Å². The molecule has 0 aliphatic carbocycles. The van der Waals surface area contributed by atoms with E-state index in [1.807, 2.05) is 20.8 Å². The number of hydrogen-bond acceptors (Lipinski definition) is 4. The third-order valence-corrected chi connectivity index (χ3v) is 4.25. The zero-order chi connectivity index (χ0) is 16.3. The molecular formula is C16H20N2O3S. The van der Waals surface area contributed by atoms with Crippen LogP contribution in [0.4, 0.5) is 0 Å². The molecular weight excluding hydrogens is 300 g/mol. The highest BCUT2D eigenvalue weighted by Gasteiger charge is 2.36. The average molecular weight is 320 g/mol. The molecule has 22 heavy (non-hydrogen) atoms. The summed E-state index contributed by atoms with van der Waals surface area (Å²) in [7, 11) is 0. The van der Waals surface area contributed by atoms with Crippen molar-refractivity contribution in [3.8, 4) is 0 Å². The number of nitrogens with zero attached hydrogens (tertiary/aromatic N) is 1. The molecule has 0 saturated carbocycles. The van der Waals surface area contributed by atoms with Crippen LogP contribution in [-0.4, -0.2) is 46.2 Å². The van der Waals surface area contributed by atoms with Gasteiger partial charge in [0, 0.05) is 22.4 Å². The van der Waals surface area contributed by atoms with Crippen molar-refractivity contribution in [2.24, 2.45) is 0 Å². The van der Waals surface area contributed by atoms with Crippen molar-refractivity contribution in [2.45, 2.75) is 32.4 Å². The van der Waals surface area contributed by atoms with E-state index < -0.39 is 6.04 Å². The van der Waals surface area contributed by atoms with Crippen LogP contribution in [0.3, 0.4) is 0 Å². The first-order chi connectivity index (χ1) is 10.3. The summed E-state index contributed by atoms with van der Waals surface area (Å²) < 4.78 is 0. The molecule has 0 bridgehead atoms. The van der Waals surface area contributed by atoms with Crippen molar-refractivity contribution in [1.82, 2.24) is 10.2 Å². The summed E-state index contributed by atoms with van der Waals surface area (Å²) in [5.41, 5.74) is 0.682. The van der Waals surface area contributed by atoms with E-state index in [1.165, 1.54) is 0 Å². The molecule has 1 saturated heterocycles. The zero-order valence-corrected chi connectivity index (χ0v) is 13.8. The minimum Gasteiger partial charge on any atom is -0.350 e. The van der Waals surface area contributed by atoms with Gasteiger partial charge in [-0.05, 0) is 32.9 Å². The summed E-state index contributed by atoms with van der Waals surface area (Å²) in [6.07, 6.45) is 0.736. The largest absolute Gasteiger partial charge is 0.350 e. The molecule has 5 nitrogen and oxygen atoms in total. The molecule has 0 radical (unpaired) electrons. The van der Waals surface area contributed by atoms with Crippen molar-refractivity contribution in [3.05, 3.63) is 35.4 Å². The number of rotatable bonds is 3. The molecule has 1 aromatic rings. The van der Waals surface area contributed by atoms with Crippen molar-refractivity contribution in [3.63, 3.8) is 0 Å². The van der Waals surface area contributed by atoms with Crippen LogP contribution in [0.5, 0.6) is 0 Å². The number of thioether (sulfide) groups is 1. The standard InChI is InChI=1S/C16H20N2O3S/c1-16(2,3)17-14(20)13-9-22-10-18(13)15(21)12-6-4-11(8-19)5-7-12/h4-8,13H,9-10H2,1-3H3,(H,17,20). The Morgan fingerprint density at radius 3 is 2.45 bits per heavy atom. The third-order valence-electron chi connectivity index (χ3n) is 3.24. The number of aldehydes is 1. The molecule has 1 atom stereocenters. The highest BCUT2D eigenvalue weighted by molar-refractivity contribution is 7.99. The van der Waals surface area contributed by atoms with Crippen LogP contribution in [0.25, 0.3) is 0 Å². The van der Waals surface area contributed by atoms with Gasteiger partial charge in [-0.25, -0.2) is 0 Å². The van der Waals surface area contributed by atoms with Crippen LogP contribution >= 0.6 is 11.8 Å². The maximum absolute atomic E-state index is 12.6. The molecule has 0 spiro atoms. The maximum Gasteiger partial charge on any atom is 0.255 e. The number of carbonyl (C=O) groups excluding carboxylic acids is 3. The number of hydrogen-bond donors (Lipinski definition) is 1. The number of benzene rings is 1. The molecule has 118 valence electrons. The average Bonchev–Trinajstić information content (AvgIpc) is 2.94. The Kier molecular flexibility index (Phi) is 4.90. The highest BCUT2D eigenvalue weighted by Crippen LogP contribution is 2.24. The van der Waals surface area contributed by atoms with Gasteiger partial charge in [0.1, 0.15) is 12.3 Å². The zero-order valence-electron chi connectivity index (χ0n) is 13.0. The fraction of sp³-hybridized carbons (Fsp3) is 0.438. The van der Waals surface area contributed by atoms with Crippen LogP contribution < -0.4 is 5.32 Å². The lowest BCUT2D eigenvalue weighted by Crippen LogP contribution is -2.52. The molecule has 1 aliphatic heterocycles. The molecule has 0 aromatic heterocycles. The monoisotopic (exact) mass is 320 g/mol. The second-order valence-electron chi connectivity index (χ2n) is 6.27. The van der Waals surface area contributed by atoms with Gasteiger partial charge in [0.2, 0.25) is 5.91 Å². The lowest BCUT2D eigenvalue weighted by Gasteiger charge is -2.27. The normalized spacial score (nSPS) is 18.1. The second kappa shape index (κ2) is 6.52. The van der Waals surface area contributed by atoms with Crippen molar-refractivity contribution >= 4 is 29.9 Å². The van der Waals surface area contributed by atoms with Crippen LogP contribution in [-0.2, 0) is 4.79 Å². The smallest absolute Gasteiger partial charge is 0.255 e. The molecule has 1 heterocycles. The maximum atomic E-state index is 12.6. The van der Waals surface area contributed by atoms with Gasteiger partial charge in [-0.2, -0.15) is 0 Å². The Morgan fingerprint density at radius 1 is 1.27 bits per heavy atom. The van der Waals surface area contributed by atoms with Crippen LogP contribution in [0.2, 0.25) is 0 Å². The lowest BCUT2D eigenvalue weighted by molar-refractivity contribution is -0.125. The van der Waals surface area contributed by atoms with Crippen LogP contribution in [0.1, 0.15) is 41.5 Å². The molecule has 1 unspecified atom stereocenters. The van der Waals surface area contributed by atoms with Crippen LogP contribution in [0.15, 0.2) is 24.3 Å². The number of carbonyl (C=O) groups is 3. The topological polar surface area (TPSA) is 66.5 Å². The number of amides is 2. The van der Waals surface area contributed by atoms with Crippen molar-refractivity contribution in [1.29, 1.82) is 0 Å². The Labute approximate surface area is 134 Å². The molecule has 6 heteroatoms. The van der Waals surface area contributed by atoms with Gasteiger partial charge in [-0.15, -0.1) is 11.8 Å². The van der Waals surface area contributed by atoms with E-state index >= 15 is 0 Å². The quantitative estimate of drug-likeness (QED) is 0.864. The third kappa shape index (κ3) is 3.88. The van der Waals surface area contributed by atoms with E-state index in [2.05, 4.69) is 5.32 Å². The Morgan fingerprint density at radius 2 is 1.91 bits per heavy atom. The van der Waals surface area contributed by atoms with Gasteiger partial charge in [0.15, 0.2) is 0 Å². The summed E-state index contributed by atoms with van der Waals surface area (Å²) in [5, 5.41) is 2.92. The van der Waals surface area contributed by atoms with E-state index in [4.69, 9.17) is 0 Å². The fourth-order valence-corrected chi connectivity index (χ4v) is 3.34. The molecule has 2 amide bonds. The van der Waals surface area contributed by atoms with E-state index in [9.17, 15) is 14.4 Å². The van der Waals surface area contributed by atoms with Gasteiger partial charge < -0.3 is 10.2 Å². The first kappa shape index (κ1) is 16.5. The second-order valence-corrected chi connectivity index (χ2v) is 7.27.